The van der Waals surface area contributed by atoms with Crippen LogP contribution in [0.5, 0.6) is 0 Å². The molecule has 2 saturated heterocycles. The van der Waals surface area contributed by atoms with Crippen LogP contribution in [-0.4, -0.2) is 64.0 Å². The highest BCUT2D eigenvalue weighted by Crippen LogP contribution is 2.20. The summed E-state index contributed by atoms with van der Waals surface area (Å²) in [7, 11) is 1.96. The van der Waals surface area contributed by atoms with Crippen molar-refractivity contribution < 1.29 is 9.53 Å². The van der Waals surface area contributed by atoms with Crippen molar-refractivity contribution in [1.82, 2.24) is 25.0 Å². The highest BCUT2D eigenvalue weighted by Gasteiger charge is 2.35. The summed E-state index contributed by atoms with van der Waals surface area (Å²) in [5, 5.41) is 10.3. The summed E-state index contributed by atoms with van der Waals surface area (Å²) in [6.45, 7) is 3.47. The van der Waals surface area contributed by atoms with E-state index in [1.807, 2.05) is 29.9 Å². The fourth-order valence-corrected chi connectivity index (χ4v) is 3.83. The highest BCUT2D eigenvalue weighted by molar-refractivity contribution is 5.93. The van der Waals surface area contributed by atoms with Crippen LogP contribution < -0.4 is 5.32 Å². The molecule has 2 aromatic rings. The molecule has 7 heteroatoms. The average molecular weight is 343 g/mol. The molecule has 0 aliphatic carbocycles. The zero-order valence-electron chi connectivity index (χ0n) is 14.6. The number of aromatic nitrogens is 3. The summed E-state index contributed by atoms with van der Waals surface area (Å²) in [6, 6.07) is 6.06. The Balaban J connectivity index is 1.43. The zero-order valence-corrected chi connectivity index (χ0v) is 14.6. The van der Waals surface area contributed by atoms with E-state index in [-0.39, 0.29) is 18.0 Å². The molecule has 2 aromatic heterocycles. The summed E-state index contributed by atoms with van der Waals surface area (Å²) >= 11 is 0. The topological polar surface area (TPSA) is 75.2 Å². The SMILES string of the molecule is Cn1cccc1-c1cc(C(=O)N[C@@H]2COC[C@H]2N2CCCCC2)[nH]n1. The van der Waals surface area contributed by atoms with Crippen molar-refractivity contribution in [2.45, 2.75) is 31.3 Å². The predicted molar refractivity (Wildman–Crippen MR) is 94.3 cm³/mol. The van der Waals surface area contributed by atoms with Gasteiger partial charge in [0.15, 0.2) is 0 Å². The van der Waals surface area contributed by atoms with Crippen molar-refractivity contribution in [2.75, 3.05) is 26.3 Å². The van der Waals surface area contributed by atoms with Gasteiger partial charge in [0.2, 0.25) is 0 Å². The summed E-state index contributed by atoms with van der Waals surface area (Å²) in [5.41, 5.74) is 2.24. The van der Waals surface area contributed by atoms with Gasteiger partial charge in [-0.15, -0.1) is 0 Å². The third kappa shape index (κ3) is 3.34. The normalized spacial score (nSPS) is 24.5. The van der Waals surface area contributed by atoms with Crippen LogP contribution in [0.2, 0.25) is 0 Å². The minimum absolute atomic E-state index is 0.0346. The second-order valence-corrected chi connectivity index (χ2v) is 6.95. The predicted octanol–water partition coefficient (Wildman–Crippen LogP) is 1.40. The second kappa shape index (κ2) is 7.01. The molecule has 0 unspecified atom stereocenters. The van der Waals surface area contributed by atoms with Crippen LogP contribution in [0.3, 0.4) is 0 Å². The summed E-state index contributed by atoms with van der Waals surface area (Å²) in [4.78, 5) is 15.1. The Kier molecular flexibility index (Phi) is 4.59. The van der Waals surface area contributed by atoms with Gasteiger partial charge in [-0.2, -0.15) is 5.10 Å². The molecule has 0 radical (unpaired) electrons. The average Bonchev–Trinajstić information content (AvgIpc) is 3.35. The maximum atomic E-state index is 12.6. The fourth-order valence-electron chi connectivity index (χ4n) is 3.83. The summed E-state index contributed by atoms with van der Waals surface area (Å²) in [5.74, 6) is -0.120. The number of likely N-dealkylation sites (tertiary alicyclic amines) is 1. The Bertz CT molecular complexity index is 731. The van der Waals surface area contributed by atoms with Crippen LogP contribution in [0.15, 0.2) is 24.4 Å². The van der Waals surface area contributed by atoms with E-state index in [9.17, 15) is 4.79 Å². The van der Waals surface area contributed by atoms with E-state index in [0.717, 1.165) is 24.5 Å². The molecule has 0 saturated carbocycles. The fraction of sp³-hybridized carbons (Fsp3) is 0.556. The van der Waals surface area contributed by atoms with Gasteiger partial charge in [-0.05, 0) is 44.1 Å². The number of carbonyl (C=O) groups excluding carboxylic acids is 1. The minimum atomic E-state index is -0.120. The smallest absolute Gasteiger partial charge is 0.269 e. The van der Waals surface area contributed by atoms with Crippen molar-refractivity contribution in [3.63, 3.8) is 0 Å². The third-order valence-electron chi connectivity index (χ3n) is 5.26. The number of amides is 1. The lowest BCUT2D eigenvalue weighted by Crippen LogP contribution is -2.52. The van der Waals surface area contributed by atoms with Crippen molar-refractivity contribution >= 4 is 5.91 Å². The third-order valence-corrected chi connectivity index (χ3v) is 5.26. The van der Waals surface area contributed by atoms with Crippen LogP contribution in [0.4, 0.5) is 0 Å². The van der Waals surface area contributed by atoms with E-state index < -0.39 is 0 Å². The molecule has 2 atom stereocenters. The van der Waals surface area contributed by atoms with Crippen LogP contribution in [0.1, 0.15) is 29.8 Å². The number of carbonyl (C=O) groups is 1. The molecule has 1 amide bonds. The van der Waals surface area contributed by atoms with Gasteiger partial charge >= 0.3 is 0 Å². The quantitative estimate of drug-likeness (QED) is 0.880. The first-order valence-corrected chi connectivity index (χ1v) is 9.02. The van der Waals surface area contributed by atoms with Crippen LogP contribution >= 0.6 is 0 Å². The summed E-state index contributed by atoms with van der Waals surface area (Å²) in [6.07, 6.45) is 5.73. The Morgan fingerprint density at radius 2 is 2.16 bits per heavy atom. The van der Waals surface area contributed by atoms with E-state index in [0.29, 0.717) is 18.9 Å². The Morgan fingerprint density at radius 3 is 2.92 bits per heavy atom. The van der Waals surface area contributed by atoms with Gasteiger partial charge in [0.25, 0.3) is 5.91 Å². The number of aromatic amines is 1. The largest absolute Gasteiger partial charge is 0.378 e. The number of rotatable bonds is 4. The second-order valence-electron chi connectivity index (χ2n) is 6.95. The number of H-pyrrole nitrogens is 1. The molecule has 2 fully saturated rings. The van der Waals surface area contributed by atoms with Crippen LogP contribution in [0, 0.1) is 0 Å². The molecule has 2 aliphatic rings. The molecule has 134 valence electrons. The monoisotopic (exact) mass is 343 g/mol. The molecule has 0 spiro atoms. The zero-order chi connectivity index (χ0) is 17.2. The van der Waals surface area contributed by atoms with E-state index in [2.05, 4.69) is 20.4 Å². The molecule has 2 N–H and O–H groups in total. The first kappa shape index (κ1) is 16.4. The molecule has 2 aliphatic heterocycles. The number of hydrogen-bond donors (Lipinski definition) is 2. The van der Waals surface area contributed by atoms with Crippen molar-refractivity contribution in [2.24, 2.45) is 7.05 Å². The Labute approximate surface area is 147 Å². The number of nitrogens with zero attached hydrogens (tertiary/aromatic N) is 3. The first-order valence-electron chi connectivity index (χ1n) is 9.02. The Morgan fingerprint density at radius 1 is 1.32 bits per heavy atom. The van der Waals surface area contributed by atoms with Crippen LogP contribution in [-0.2, 0) is 11.8 Å². The van der Waals surface area contributed by atoms with Gasteiger partial charge in [0.05, 0.1) is 31.0 Å². The maximum Gasteiger partial charge on any atom is 0.269 e. The van der Waals surface area contributed by atoms with Crippen LogP contribution in [0.25, 0.3) is 11.4 Å². The lowest BCUT2D eigenvalue weighted by molar-refractivity contribution is 0.0895. The van der Waals surface area contributed by atoms with Crippen molar-refractivity contribution in [1.29, 1.82) is 0 Å². The van der Waals surface area contributed by atoms with E-state index >= 15 is 0 Å². The molecule has 0 bridgehead atoms. The van der Waals surface area contributed by atoms with Crippen molar-refractivity contribution in [3.05, 3.63) is 30.1 Å². The van der Waals surface area contributed by atoms with Gasteiger partial charge in [0, 0.05) is 13.2 Å². The minimum Gasteiger partial charge on any atom is -0.378 e. The van der Waals surface area contributed by atoms with Gasteiger partial charge in [-0.25, -0.2) is 0 Å². The number of hydrogen-bond acceptors (Lipinski definition) is 4. The molecule has 4 rings (SSSR count). The first-order chi connectivity index (χ1) is 12.2. The number of ether oxygens (including phenoxy) is 1. The van der Waals surface area contributed by atoms with Crippen molar-refractivity contribution in [3.8, 4) is 11.4 Å². The van der Waals surface area contributed by atoms with Gasteiger partial charge in [-0.3, -0.25) is 14.8 Å². The van der Waals surface area contributed by atoms with E-state index in [4.69, 9.17) is 4.74 Å². The number of nitrogens with one attached hydrogen (secondary N) is 2. The lowest BCUT2D eigenvalue weighted by Gasteiger charge is -2.34. The van der Waals surface area contributed by atoms with E-state index in [1.165, 1.54) is 19.3 Å². The standard InChI is InChI=1S/C18H25N5O2/c1-22-7-5-6-16(22)13-10-14(21-20-13)18(24)19-15-11-25-12-17(15)23-8-3-2-4-9-23/h5-7,10,15,17H,2-4,8-9,11-12H2,1H3,(H,19,24)(H,20,21)/t15-,17-/m1/s1. The van der Waals surface area contributed by atoms with Gasteiger partial charge in [-0.1, -0.05) is 6.42 Å². The molecule has 4 heterocycles. The number of piperidine rings is 1. The highest BCUT2D eigenvalue weighted by atomic mass is 16.5. The lowest BCUT2D eigenvalue weighted by atomic mass is 10.0. The summed E-state index contributed by atoms with van der Waals surface area (Å²) < 4.78 is 7.64. The molecular weight excluding hydrogens is 318 g/mol. The maximum absolute atomic E-state index is 12.6. The molecule has 0 aromatic carbocycles. The van der Waals surface area contributed by atoms with Gasteiger partial charge < -0.3 is 14.6 Å². The van der Waals surface area contributed by atoms with Gasteiger partial charge in [0.1, 0.15) is 11.4 Å². The molecule has 25 heavy (non-hydrogen) atoms. The van der Waals surface area contributed by atoms with E-state index in [1.54, 1.807) is 6.07 Å². The molecular formula is C18H25N5O2. The number of aryl methyl sites for hydroxylation is 1. The molecule has 7 nitrogen and oxygen atoms in total. The Hall–Kier alpha value is -2.12.